The maximum absolute atomic E-state index is 12.3. The molecule has 1 atom stereocenters. The van der Waals surface area contributed by atoms with Gasteiger partial charge in [0.25, 0.3) is 0 Å². The van der Waals surface area contributed by atoms with Crippen LogP contribution in [0.15, 0.2) is 83.8 Å². The molecule has 0 aromatic heterocycles. The highest BCUT2D eigenvalue weighted by Crippen LogP contribution is 2.30. The van der Waals surface area contributed by atoms with Gasteiger partial charge >= 0.3 is 0 Å². The molecule has 0 heterocycles. The number of carbonyl (C=O) groups is 1. The second-order valence-corrected chi connectivity index (χ2v) is 10.9. The van der Waals surface area contributed by atoms with Crippen molar-refractivity contribution in [1.29, 1.82) is 0 Å². The number of allylic oxidation sites excluding steroid dienone is 6. The van der Waals surface area contributed by atoms with Crippen LogP contribution in [0.1, 0.15) is 118 Å². The molecule has 0 saturated heterocycles. The molecule has 0 saturated carbocycles. The molecule has 0 radical (unpaired) electrons. The molecular weight excluding hydrogens is 507 g/mol. The molecule has 4 heteroatoms. The number of hydrogen-bond donors (Lipinski definition) is 2. The molecule has 0 spiro atoms. The summed E-state index contributed by atoms with van der Waals surface area (Å²) >= 11 is 0. The van der Waals surface area contributed by atoms with Crippen LogP contribution in [-0.2, 0) is 17.6 Å². The van der Waals surface area contributed by atoms with E-state index in [2.05, 4.69) is 78.6 Å². The van der Waals surface area contributed by atoms with Crippen molar-refractivity contribution in [2.24, 2.45) is 17.4 Å². The van der Waals surface area contributed by atoms with Crippen LogP contribution >= 0.6 is 0 Å². The van der Waals surface area contributed by atoms with Crippen molar-refractivity contribution in [2.75, 3.05) is 0 Å². The number of carbonyl (C=O) groups excluding carboxylic acids is 1. The minimum absolute atomic E-state index is 0.158. The quantitative estimate of drug-likeness (QED) is 0.230. The average Bonchev–Trinajstić information content (AvgIpc) is 2.93. The van der Waals surface area contributed by atoms with Crippen molar-refractivity contribution in [3.05, 3.63) is 94.9 Å². The van der Waals surface area contributed by atoms with Crippen molar-refractivity contribution in [3.8, 4) is 0 Å². The van der Waals surface area contributed by atoms with E-state index in [4.69, 9.17) is 11.5 Å². The zero-order valence-electron chi connectivity index (χ0n) is 27.7. The number of ketones is 1. The van der Waals surface area contributed by atoms with E-state index in [1.807, 2.05) is 20.8 Å². The number of benzene rings is 1. The highest BCUT2D eigenvalue weighted by atomic mass is 19.1. The van der Waals surface area contributed by atoms with Crippen LogP contribution in [-0.4, -0.2) is 12.0 Å². The van der Waals surface area contributed by atoms with Gasteiger partial charge in [0.2, 0.25) is 0 Å². The number of nitrogens with two attached hydrogens (primary N) is 2. The lowest BCUT2D eigenvalue weighted by Gasteiger charge is -2.23. The molecule has 1 aliphatic carbocycles. The summed E-state index contributed by atoms with van der Waals surface area (Å²) in [7, 11) is 0. The van der Waals surface area contributed by atoms with Gasteiger partial charge in [0.1, 0.15) is 0 Å². The molecule has 232 valence electrons. The largest absolute Gasteiger partial charge is 0.401 e. The molecular formula is C37H61FN2O. The van der Waals surface area contributed by atoms with E-state index in [0.717, 1.165) is 18.4 Å². The lowest BCUT2D eigenvalue weighted by atomic mass is 9.82. The summed E-state index contributed by atoms with van der Waals surface area (Å²) in [6.07, 6.45) is 11.3. The van der Waals surface area contributed by atoms with Gasteiger partial charge in [0.15, 0.2) is 5.78 Å². The van der Waals surface area contributed by atoms with Gasteiger partial charge in [-0.3, -0.25) is 4.79 Å². The van der Waals surface area contributed by atoms with Crippen LogP contribution < -0.4 is 11.5 Å². The van der Waals surface area contributed by atoms with E-state index in [-0.39, 0.29) is 17.4 Å². The fourth-order valence-electron chi connectivity index (χ4n) is 4.08. The normalized spacial score (nSPS) is 17.7. The van der Waals surface area contributed by atoms with Crippen LogP contribution in [0.3, 0.4) is 0 Å². The first kappa shape index (κ1) is 40.3. The second kappa shape index (κ2) is 23.8. The topological polar surface area (TPSA) is 69.1 Å². The fourth-order valence-corrected chi connectivity index (χ4v) is 4.08. The second-order valence-electron chi connectivity index (χ2n) is 10.9. The van der Waals surface area contributed by atoms with E-state index in [9.17, 15) is 9.18 Å². The standard InChI is InChI=1S/C15H22.C14H20N2O.C5H11F.C3H8/c1-4-6-14-9-11-15(12-10-14)8-5-7-13(2)3;1-5-11-9(3)8(2)6-7-12(16)13(10(4)15)14(11)17;1-3-5(6)4-2;1-3-2/h9-12H,2,4-8H2,1,3H3;5,8H,3-4,6-7,15-16H2,1-2H3;5H,3-4H2,1-2H3;3H2,1-2H3/b;11-5+,13-12+;;. The summed E-state index contributed by atoms with van der Waals surface area (Å²) in [5.41, 5.74) is 18.3. The van der Waals surface area contributed by atoms with Gasteiger partial charge in [-0.25, -0.2) is 4.39 Å². The molecule has 0 amide bonds. The molecule has 0 aliphatic heterocycles. The molecule has 1 unspecified atom stereocenters. The minimum Gasteiger partial charge on any atom is -0.401 e. The number of rotatable bonds is 9. The van der Waals surface area contributed by atoms with Crippen LogP contribution in [0.25, 0.3) is 0 Å². The van der Waals surface area contributed by atoms with E-state index < -0.39 is 6.17 Å². The van der Waals surface area contributed by atoms with E-state index in [0.29, 0.717) is 36.1 Å². The first-order valence-corrected chi connectivity index (χ1v) is 15.5. The smallest absolute Gasteiger partial charge is 0.196 e. The molecule has 2 rings (SSSR count). The highest BCUT2D eigenvalue weighted by molar-refractivity contribution is 6.14. The third kappa shape index (κ3) is 17.5. The lowest BCUT2D eigenvalue weighted by Crippen LogP contribution is -2.23. The molecule has 41 heavy (non-hydrogen) atoms. The predicted octanol–water partition coefficient (Wildman–Crippen LogP) is 10.3. The van der Waals surface area contributed by atoms with Gasteiger partial charge < -0.3 is 11.5 Å². The number of halogens is 1. The van der Waals surface area contributed by atoms with Crippen LogP contribution in [0, 0.1) is 5.92 Å². The van der Waals surface area contributed by atoms with Crippen molar-refractivity contribution >= 4 is 5.78 Å². The summed E-state index contributed by atoms with van der Waals surface area (Å²) in [4.78, 5) is 12.3. The summed E-state index contributed by atoms with van der Waals surface area (Å²) < 4.78 is 11.9. The third-order valence-electron chi connectivity index (χ3n) is 6.71. The Morgan fingerprint density at radius 3 is 1.90 bits per heavy atom. The molecule has 3 nitrogen and oxygen atoms in total. The highest BCUT2D eigenvalue weighted by Gasteiger charge is 2.26. The molecule has 1 aromatic rings. The first-order valence-electron chi connectivity index (χ1n) is 15.5. The molecule has 0 fully saturated rings. The fraction of sp³-hybridized carbons (Fsp3) is 0.541. The Hall–Kier alpha value is -2.88. The molecule has 4 N–H and O–H groups in total. The van der Waals surface area contributed by atoms with E-state index >= 15 is 0 Å². The Labute approximate surface area is 252 Å². The van der Waals surface area contributed by atoms with Gasteiger partial charge in [-0.05, 0) is 87.8 Å². The van der Waals surface area contributed by atoms with Crippen LogP contribution in [0.4, 0.5) is 4.39 Å². The van der Waals surface area contributed by atoms with Crippen molar-refractivity contribution in [1.82, 2.24) is 0 Å². The predicted molar refractivity (Wildman–Crippen MR) is 180 cm³/mol. The summed E-state index contributed by atoms with van der Waals surface area (Å²) in [6.45, 7) is 27.7. The maximum Gasteiger partial charge on any atom is 0.196 e. The Kier molecular flexibility index (Phi) is 23.4. The number of hydrogen-bond acceptors (Lipinski definition) is 3. The van der Waals surface area contributed by atoms with E-state index in [1.54, 1.807) is 6.08 Å². The lowest BCUT2D eigenvalue weighted by molar-refractivity contribution is -0.112. The van der Waals surface area contributed by atoms with Gasteiger partial charge in [-0.15, -0.1) is 6.58 Å². The van der Waals surface area contributed by atoms with Crippen LogP contribution in [0.5, 0.6) is 0 Å². The first-order chi connectivity index (χ1) is 19.3. The van der Waals surface area contributed by atoms with Crippen LogP contribution in [0.2, 0.25) is 0 Å². The van der Waals surface area contributed by atoms with Gasteiger partial charge in [0.05, 0.1) is 11.7 Å². The summed E-state index contributed by atoms with van der Waals surface area (Å²) in [6, 6.07) is 9.06. The SMILES string of the molecule is C=C(C)CCCc1ccc(CCC)cc1.C=C(N)/C1=C(\N)CCC(C)C(=C)/C(=C\C)C1=O.CCC.CCC(F)CC. The Morgan fingerprint density at radius 2 is 1.54 bits per heavy atom. The molecule has 1 aliphatic rings. The van der Waals surface area contributed by atoms with E-state index in [1.165, 1.54) is 48.8 Å². The van der Waals surface area contributed by atoms with Crippen molar-refractivity contribution in [2.45, 2.75) is 126 Å². The number of Topliss-reactive ketones (excluding diaryl/α,β-unsaturated/α-hetero) is 1. The average molecular weight is 569 g/mol. The zero-order valence-corrected chi connectivity index (χ0v) is 27.7. The van der Waals surface area contributed by atoms with Gasteiger partial charge in [0, 0.05) is 17.0 Å². The number of aryl methyl sites for hydroxylation is 2. The van der Waals surface area contributed by atoms with Crippen molar-refractivity contribution < 1.29 is 9.18 Å². The third-order valence-corrected chi connectivity index (χ3v) is 6.71. The Balaban J connectivity index is 0. The zero-order chi connectivity index (χ0) is 32.0. The van der Waals surface area contributed by atoms with Gasteiger partial charge in [-0.1, -0.05) is 103 Å². The summed E-state index contributed by atoms with van der Waals surface area (Å²) in [5, 5.41) is 0. The monoisotopic (exact) mass is 568 g/mol. The molecule has 0 bridgehead atoms. The summed E-state index contributed by atoms with van der Waals surface area (Å²) in [5.74, 6) is 0.0883. The Bertz CT molecular complexity index is 981. The minimum atomic E-state index is -0.565. The van der Waals surface area contributed by atoms with Crippen molar-refractivity contribution in [3.63, 3.8) is 0 Å². The maximum atomic E-state index is 12.3. The molecule has 1 aromatic carbocycles. The number of alkyl halides is 1. The Morgan fingerprint density at radius 1 is 1.05 bits per heavy atom. The van der Waals surface area contributed by atoms with Gasteiger partial charge in [-0.2, -0.15) is 0 Å².